The van der Waals surface area contributed by atoms with E-state index in [2.05, 4.69) is 5.32 Å². The second-order valence-electron chi connectivity index (χ2n) is 4.80. The summed E-state index contributed by atoms with van der Waals surface area (Å²) in [6.07, 6.45) is -1.64. The fourth-order valence-electron chi connectivity index (χ4n) is 2.33. The number of hydrogen-bond acceptors (Lipinski definition) is 2. The molecule has 1 aliphatic carbocycles. The van der Waals surface area contributed by atoms with Crippen LogP contribution in [0, 0.1) is 0 Å². The molecule has 1 saturated carbocycles. The number of benzene rings is 1. The average molecular weight is 294 g/mol. The minimum absolute atomic E-state index is 0.198. The summed E-state index contributed by atoms with van der Waals surface area (Å²) in [7, 11) is 0. The Kier molecular flexibility index (Phi) is 4.26. The molecule has 1 aromatic rings. The summed E-state index contributed by atoms with van der Waals surface area (Å²) in [5, 5.41) is 12.4. The van der Waals surface area contributed by atoms with Gasteiger partial charge in [0.05, 0.1) is 22.7 Å². The standard InChI is InChI=1S/C13H15ClF3NO/c14-10-6-5-8(7-9(10)13(15,16)17)18-11-3-1-2-4-12(11)19/h5-7,11-12,18-19H,1-4H2/t11-,12-/m0/s1. The molecule has 6 heteroatoms. The molecular formula is C13H15ClF3NO. The second-order valence-corrected chi connectivity index (χ2v) is 5.20. The van der Waals surface area contributed by atoms with Crippen LogP contribution in [-0.4, -0.2) is 17.3 Å². The van der Waals surface area contributed by atoms with Gasteiger partial charge in [0, 0.05) is 5.69 Å². The highest BCUT2D eigenvalue weighted by atomic mass is 35.5. The molecule has 0 aliphatic heterocycles. The molecule has 2 N–H and O–H groups in total. The van der Waals surface area contributed by atoms with E-state index in [1.165, 1.54) is 12.1 Å². The number of rotatable bonds is 2. The lowest BCUT2D eigenvalue weighted by Gasteiger charge is -2.29. The van der Waals surface area contributed by atoms with Crippen LogP contribution in [-0.2, 0) is 6.18 Å². The highest BCUT2D eigenvalue weighted by molar-refractivity contribution is 6.31. The third-order valence-corrected chi connectivity index (χ3v) is 3.68. The van der Waals surface area contributed by atoms with Crippen LogP contribution in [0.4, 0.5) is 18.9 Å². The summed E-state index contributed by atoms with van der Waals surface area (Å²) in [6, 6.07) is 3.51. The quantitative estimate of drug-likeness (QED) is 0.861. The van der Waals surface area contributed by atoms with Crippen molar-refractivity contribution in [3.05, 3.63) is 28.8 Å². The van der Waals surface area contributed by atoms with Crippen LogP contribution in [0.3, 0.4) is 0 Å². The minimum atomic E-state index is -4.47. The van der Waals surface area contributed by atoms with Crippen LogP contribution in [0.1, 0.15) is 31.2 Å². The summed E-state index contributed by atoms with van der Waals surface area (Å²) in [5.41, 5.74) is -0.521. The normalized spacial score (nSPS) is 24.3. The molecule has 106 valence electrons. The zero-order chi connectivity index (χ0) is 14.0. The molecule has 0 saturated heterocycles. The number of anilines is 1. The molecule has 2 atom stereocenters. The first-order valence-corrected chi connectivity index (χ1v) is 6.57. The number of nitrogens with one attached hydrogen (secondary N) is 1. The fraction of sp³-hybridized carbons (Fsp3) is 0.538. The summed E-state index contributed by atoms with van der Waals surface area (Å²) in [6.45, 7) is 0. The molecule has 2 rings (SSSR count). The maximum Gasteiger partial charge on any atom is 0.417 e. The van der Waals surface area contributed by atoms with Gasteiger partial charge in [0.2, 0.25) is 0 Å². The number of hydrogen-bond donors (Lipinski definition) is 2. The SMILES string of the molecule is O[C@H]1CCCC[C@@H]1Nc1ccc(Cl)c(C(F)(F)F)c1. The third-order valence-electron chi connectivity index (χ3n) is 3.35. The van der Waals surface area contributed by atoms with Crippen LogP contribution in [0.2, 0.25) is 5.02 Å². The van der Waals surface area contributed by atoms with Gasteiger partial charge in [-0.05, 0) is 31.0 Å². The lowest BCUT2D eigenvalue weighted by atomic mass is 9.92. The highest BCUT2D eigenvalue weighted by Gasteiger charge is 2.33. The molecule has 1 fully saturated rings. The molecule has 0 unspecified atom stereocenters. The van der Waals surface area contributed by atoms with Crippen LogP contribution in [0.25, 0.3) is 0 Å². The Bertz CT molecular complexity index is 450. The van der Waals surface area contributed by atoms with E-state index in [1.54, 1.807) is 0 Å². The summed E-state index contributed by atoms with van der Waals surface area (Å²) in [4.78, 5) is 0. The maximum atomic E-state index is 12.7. The van der Waals surface area contributed by atoms with Crippen molar-refractivity contribution in [3.8, 4) is 0 Å². The van der Waals surface area contributed by atoms with Crippen molar-refractivity contribution in [1.82, 2.24) is 0 Å². The van der Waals surface area contributed by atoms with Crippen LogP contribution < -0.4 is 5.32 Å². The van der Waals surface area contributed by atoms with E-state index in [0.717, 1.165) is 25.3 Å². The monoisotopic (exact) mass is 293 g/mol. The van der Waals surface area contributed by atoms with E-state index in [1.807, 2.05) is 0 Å². The average Bonchev–Trinajstić information content (AvgIpc) is 2.33. The van der Waals surface area contributed by atoms with Gasteiger partial charge in [-0.25, -0.2) is 0 Å². The van der Waals surface area contributed by atoms with Gasteiger partial charge in [-0.15, -0.1) is 0 Å². The number of aliphatic hydroxyl groups excluding tert-OH is 1. The van der Waals surface area contributed by atoms with E-state index in [4.69, 9.17) is 11.6 Å². The van der Waals surface area contributed by atoms with E-state index >= 15 is 0 Å². The Labute approximate surface area is 114 Å². The first-order valence-electron chi connectivity index (χ1n) is 6.19. The predicted octanol–water partition coefficient (Wildman–Crippen LogP) is 4.07. The fourth-order valence-corrected chi connectivity index (χ4v) is 2.55. The number of halogens is 4. The molecule has 0 bridgehead atoms. The largest absolute Gasteiger partial charge is 0.417 e. The van der Waals surface area contributed by atoms with Crippen molar-refractivity contribution in [2.24, 2.45) is 0 Å². The van der Waals surface area contributed by atoms with Gasteiger partial charge in [-0.2, -0.15) is 13.2 Å². The molecule has 2 nitrogen and oxygen atoms in total. The molecule has 19 heavy (non-hydrogen) atoms. The lowest BCUT2D eigenvalue weighted by molar-refractivity contribution is -0.137. The van der Waals surface area contributed by atoms with E-state index in [0.29, 0.717) is 12.1 Å². The van der Waals surface area contributed by atoms with Gasteiger partial charge >= 0.3 is 6.18 Å². The molecule has 0 radical (unpaired) electrons. The van der Waals surface area contributed by atoms with Crippen molar-refractivity contribution in [3.63, 3.8) is 0 Å². The van der Waals surface area contributed by atoms with E-state index in [9.17, 15) is 18.3 Å². The lowest BCUT2D eigenvalue weighted by Crippen LogP contribution is -2.36. The Morgan fingerprint density at radius 2 is 1.89 bits per heavy atom. The minimum Gasteiger partial charge on any atom is -0.391 e. The van der Waals surface area contributed by atoms with Crippen molar-refractivity contribution in [2.45, 2.75) is 44.0 Å². The summed E-state index contributed by atoms with van der Waals surface area (Å²) in [5.74, 6) is 0. The maximum absolute atomic E-state index is 12.7. The van der Waals surface area contributed by atoms with Gasteiger partial charge in [-0.1, -0.05) is 24.4 Å². The van der Waals surface area contributed by atoms with Crippen molar-refractivity contribution in [1.29, 1.82) is 0 Å². The number of alkyl halides is 3. The second kappa shape index (κ2) is 5.59. The van der Waals surface area contributed by atoms with Gasteiger partial charge in [0.15, 0.2) is 0 Å². The molecule has 1 aromatic carbocycles. The van der Waals surface area contributed by atoms with Crippen LogP contribution in [0.5, 0.6) is 0 Å². The molecule has 0 amide bonds. The predicted molar refractivity (Wildman–Crippen MR) is 68.3 cm³/mol. The van der Waals surface area contributed by atoms with Gasteiger partial charge in [-0.3, -0.25) is 0 Å². The zero-order valence-electron chi connectivity index (χ0n) is 10.2. The van der Waals surface area contributed by atoms with Crippen LogP contribution >= 0.6 is 11.6 Å². The summed E-state index contributed by atoms with van der Waals surface area (Å²) >= 11 is 5.56. The highest BCUT2D eigenvalue weighted by Crippen LogP contribution is 2.36. The Balaban J connectivity index is 2.17. The molecule has 0 spiro atoms. The van der Waals surface area contributed by atoms with Gasteiger partial charge < -0.3 is 10.4 Å². The molecular weight excluding hydrogens is 279 g/mol. The van der Waals surface area contributed by atoms with Crippen molar-refractivity contribution in [2.75, 3.05) is 5.32 Å². The Morgan fingerprint density at radius 3 is 2.53 bits per heavy atom. The zero-order valence-corrected chi connectivity index (χ0v) is 10.9. The topological polar surface area (TPSA) is 32.3 Å². The van der Waals surface area contributed by atoms with E-state index < -0.39 is 17.8 Å². The van der Waals surface area contributed by atoms with Crippen LogP contribution in [0.15, 0.2) is 18.2 Å². The molecule has 0 heterocycles. The Hall–Kier alpha value is -0.940. The Morgan fingerprint density at radius 1 is 1.21 bits per heavy atom. The van der Waals surface area contributed by atoms with Crippen molar-refractivity contribution < 1.29 is 18.3 Å². The van der Waals surface area contributed by atoms with E-state index in [-0.39, 0.29) is 11.1 Å². The molecule has 0 aromatic heterocycles. The summed E-state index contributed by atoms with van der Waals surface area (Å²) < 4.78 is 38.2. The first-order chi connectivity index (χ1) is 8.88. The third kappa shape index (κ3) is 3.54. The molecule has 1 aliphatic rings. The first kappa shape index (κ1) is 14.5. The van der Waals surface area contributed by atoms with Crippen molar-refractivity contribution >= 4 is 17.3 Å². The van der Waals surface area contributed by atoms with Gasteiger partial charge in [0.25, 0.3) is 0 Å². The van der Waals surface area contributed by atoms with Gasteiger partial charge in [0.1, 0.15) is 0 Å². The number of aliphatic hydroxyl groups is 1. The smallest absolute Gasteiger partial charge is 0.391 e.